The van der Waals surface area contributed by atoms with Crippen LogP contribution < -0.4 is 0 Å². The van der Waals surface area contributed by atoms with Crippen LogP contribution in [0, 0.1) is 0 Å². The molecular weight excluding hydrogens is 178 g/mol. The lowest BCUT2D eigenvalue weighted by atomic mass is 10.0. The largest absolute Gasteiger partial charge is 0.250 e. The molecule has 1 saturated heterocycles. The fraction of sp³-hybridized carbons (Fsp3) is 1.00. The molecule has 1 aliphatic carbocycles. The summed E-state index contributed by atoms with van der Waals surface area (Å²) >= 11 is 2.17. The molecule has 13 heavy (non-hydrogen) atoms. The molecule has 0 spiro atoms. The van der Waals surface area contributed by atoms with Crippen molar-refractivity contribution in [2.45, 2.75) is 56.6 Å². The summed E-state index contributed by atoms with van der Waals surface area (Å²) in [4.78, 5) is 0. The standard InChI is InChI=1S/C11H21NS/c1-3-7-11(8-4-1)13-12-9-5-2-6-10-12/h11H,1-10H2. The third kappa shape index (κ3) is 3.17. The first kappa shape index (κ1) is 9.85. The van der Waals surface area contributed by atoms with Gasteiger partial charge in [-0.25, -0.2) is 0 Å². The maximum Gasteiger partial charge on any atom is 0.0195 e. The maximum atomic E-state index is 2.62. The topological polar surface area (TPSA) is 3.24 Å². The van der Waals surface area contributed by atoms with Crippen LogP contribution in [0.1, 0.15) is 51.4 Å². The highest BCUT2D eigenvalue weighted by Crippen LogP contribution is 2.31. The van der Waals surface area contributed by atoms with E-state index in [9.17, 15) is 0 Å². The Morgan fingerprint density at radius 1 is 0.769 bits per heavy atom. The Morgan fingerprint density at radius 2 is 1.38 bits per heavy atom. The molecule has 1 heterocycles. The van der Waals surface area contributed by atoms with Gasteiger partial charge in [0.1, 0.15) is 0 Å². The lowest BCUT2D eigenvalue weighted by Crippen LogP contribution is -2.26. The van der Waals surface area contributed by atoms with Crippen molar-refractivity contribution in [2.75, 3.05) is 13.1 Å². The van der Waals surface area contributed by atoms with Gasteiger partial charge < -0.3 is 0 Å². The van der Waals surface area contributed by atoms with Gasteiger partial charge in [-0.15, -0.1) is 0 Å². The summed E-state index contributed by atoms with van der Waals surface area (Å²) in [6, 6.07) is 0. The first-order valence-electron chi connectivity index (χ1n) is 5.87. The van der Waals surface area contributed by atoms with Gasteiger partial charge in [-0.2, -0.15) is 0 Å². The number of hydrogen-bond acceptors (Lipinski definition) is 2. The normalized spacial score (nSPS) is 27.7. The van der Waals surface area contributed by atoms with Crippen molar-refractivity contribution in [2.24, 2.45) is 0 Å². The highest BCUT2D eigenvalue weighted by Gasteiger charge is 2.19. The zero-order valence-corrected chi connectivity index (χ0v) is 9.32. The van der Waals surface area contributed by atoms with Crippen LogP contribution in [0.25, 0.3) is 0 Å². The first-order valence-corrected chi connectivity index (χ1v) is 6.70. The van der Waals surface area contributed by atoms with E-state index in [1.807, 2.05) is 0 Å². The van der Waals surface area contributed by atoms with Crippen molar-refractivity contribution in [1.82, 2.24) is 4.31 Å². The number of nitrogens with zero attached hydrogens (tertiary/aromatic N) is 1. The second-order valence-electron chi connectivity index (χ2n) is 4.36. The molecular formula is C11H21NS. The molecule has 0 radical (unpaired) electrons. The Bertz CT molecular complexity index is 121. The molecule has 0 N–H and O–H groups in total. The van der Waals surface area contributed by atoms with E-state index in [1.165, 1.54) is 64.5 Å². The molecule has 1 saturated carbocycles. The zero-order valence-electron chi connectivity index (χ0n) is 8.50. The molecule has 0 unspecified atom stereocenters. The molecule has 0 aromatic carbocycles. The zero-order chi connectivity index (χ0) is 8.93. The van der Waals surface area contributed by atoms with Crippen LogP contribution in [0.3, 0.4) is 0 Å². The minimum Gasteiger partial charge on any atom is -0.250 e. The van der Waals surface area contributed by atoms with Crippen molar-refractivity contribution < 1.29 is 0 Å². The van der Waals surface area contributed by atoms with Gasteiger partial charge >= 0.3 is 0 Å². The fourth-order valence-corrected chi connectivity index (χ4v) is 3.79. The average molecular weight is 199 g/mol. The van der Waals surface area contributed by atoms with Crippen LogP contribution >= 0.6 is 11.9 Å². The van der Waals surface area contributed by atoms with E-state index in [1.54, 1.807) is 0 Å². The second-order valence-corrected chi connectivity index (χ2v) is 5.75. The third-order valence-corrected chi connectivity index (χ3v) is 4.60. The van der Waals surface area contributed by atoms with E-state index < -0.39 is 0 Å². The van der Waals surface area contributed by atoms with Crippen molar-refractivity contribution in [3.8, 4) is 0 Å². The quantitative estimate of drug-likeness (QED) is 0.627. The van der Waals surface area contributed by atoms with E-state index in [4.69, 9.17) is 0 Å². The molecule has 2 heteroatoms. The Morgan fingerprint density at radius 3 is 2.08 bits per heavy atom. The van der Waals surface area contributed by atoms with Crippen molar-refractivity contribution in [3.63, 3.8) is 0 Å². The summed E-state index contributed by atoms with van der Waals surface area (Å²) in [6.07, 6.45) is 11.7. The molecule has 2 aliphatic rings. The maximum absolute atomic E-state index is 2.62. The van der Waals surface area contributed by atoms with Gasteiger partial charge in [0.15, 0.2) is 0 Å². The van der Waals surface area contributed by atoms with Gasteiger partial charge in [0, 0.05) is 18.3 Å². The summed E-state index contributed by atoms with van der Waals surface area (Å²) in [5, 5.41) is 0.965. The lowest BCUT2D eigenvalue weighted by molar-refractivity contribution is 0.374. The molecule has 0 atom stereocenters. The second kappa shape index (κ2) is 5.26. The van der Waals surface area contributed by atoms with Crippen LogP contribution in [0.4, 0.5) is 0 Å². The summed E-state index contributed by atoms with van der Waals surface area (Å²) in [7, 11) is 0. The predicted octanol–water partition coefficient (Wildman–Crippen LogP) is 3.45. The molecule has 1 nitrogen and oxygen atoms in total. The van der Waals surface area contributed by atoms with Crippen LogP contribution in [-0.2, 0) is 0 Å². The SMILES string of the molecule is C1CCC(SN2CCCCC2)CC1. The number of rotatable bonds is 2. The summed E-state index contributed by atoms with van der Waals surface area (Å²) < 4.78 is 2.62. The molecule has 2 rings (SSSR count). The molecule has 0 amide bonds. The Balaban J connectivity index is 1.69. The van der Waals surface area contributed by atoms with Crippen LogP contribution in [-0.4, -0.2) is 22.6 Å². The summed E-state index contributed by atoms with van der Waals surface area (Å²) in [5.41, 5.74) is 0. The molecule has 0 aromatic heterocycles. The highest BCUT2D eigenvalue weighted by molar-refractivity contribution is 7.97. The first-order chi connectivity index (χ1) is 6.45. The van der Waals surface area contributed by atoms with E-state index in [0.29, 0.717) is 0 Å². The minimum absolute atomic E-state index is 0.965. The van der Waals surface area contributed by atoms with Gasteiger partial charge in [-0.3, -0.25) is 4.31 Å². The van der Waals surface area contributed by atoms with Gasteiger partial charge in [0.25, 0.3) is 0 Å². The van der Waals surface area contributed by atoms with Crippen LogP contribution in [0.15, 0.2) is 0 Å². The third-order valence-electron chi connectivity index (χ3n) is 3.17. The van der Waals surface area contributed by atoms with E-state index in [0.717, 1.165) is 5.25 Å². The van der Waals surface area contributed by atoms with Crippen molar-refractivity contribution in [1.29, 1.82) is 0 Å². The van der Waals surface area contributed by atoms with Gasteiger partial charge in [-0.05, 0) is 25.7 Å². The van der Waals surface area contributed by atoms with E-state index in [-0.39, 0.29) is 0 Å². The van der Waals surface area contributed by atoms with Crippen molar-refractivity contribution >= 4 is 11.9 Å². The molecule has 2 fully saturated rings. The molecule has 76 valence electrons. The Labute approximate surface area is 86.4 Å². The van der Waals surface area contributed by atoms with Gasteiger partial charge in [-0.1, -0.05) is 37.6 Å². The van der Waals surface area contributed by atoms with Gasteiger partial charge in [0.2, 0.25) is 0 Å². The Kier molecular flexibility index (Phi) is 3.98. The average Bonchev–Trinajstić information content (AvgIpc) is 2.21. The van der Waals surface area contributed by atoms with Crippen LogP contribution in [0.5, 0.6) is 0 Å². The smallest absolute Gasteiger partial charge is 0.0195 e. The van der Waals surface area contributed by atoms with E-state index in [2.05, 4.69) is 16.3 Å². The summed E-state index contributed by atoms with van der Waals surface area (Å²) in [6.45, 7) is 2.70. The number of hydrogen-bond donors (Lipinski definition) is 0. The highest BCUT2D eigenvalue weighted by atomic mass is 32.2. The molecule has 0 bridgehead atoms. The monoisotopic (exact) mass is 199 g/mol. The predicted molar refractivity (Wildman–Crippen MR) is 59.9 cm³/mol. The van der Waals surface area contributed by atoms with Crippen molar-refractivity contribution in [3.05, 3.63) is 0 Å². The number of piperidine rings is 1. The van der Waals surface area contributed by atoms with Gasteiger partial charge in [0.05, 0.1) is 0 Å². The molecule has 1 aliphatic heterocycles. The summed E-state index contributed by atoms with van der Waals surface area (Å²) in [5.74, 6) is 0. The lowest BCUT2D eigenvalue weighted by Gasteiger charge is -2.31. The van der Waals surface area contributed by atoms with Crippen LogP contribution in [0.2, 0.25) is 0 Å². The minimum atomic E-state index is 0.965. The fourth-order valence-electron chi connectivity index (χ4n) is 2.35. The molecule has 0 aromatic rings. The Hall–Kier alpha value is 0.310. The van der Waals surface area contributed by atoms with E-state index >= 15 is 0 Å².